The van der Waals surface area contributed by atoms with Crippen LogP contribution in [-0.4, -0.2) is 65.7 Å². The van der Waals surface area contributed by atoms with Crippen molar-refractivity contribution in [2.75, 3.05) is 19.5 Å². The molecule has 270 valence electrons. The lowest BCUT2D eigenvalue weighted by Crippen LogP contribution is -2.47. The predicted molar refractivity (Wildman–Crippen MR) is 178 cm³/mol. The zero-order valence-electron chi connectivity index (χ0n) is 28.5. The van der Waals surface area contributed by atoms with Crippen LogP contribution in [0.2, 0.25) is 0 Å². The Bertz CT molecular complexity index is 1900. The van der Waals surface area contributed by atoms with Crippen LogP contribution in [0.15, 0.2) is 72.9 Å². The first kappa shape index (κ1) is 38.1. The third kappa shape index (κ3) is 8.90. The maximum absolute atomic E-state index is 14.5. The van der Waals surface area contributed by atoms with Gasteiger partial charge in [-0.25, -0.2) is 19.4 Å². The minimum Gasteiger partial charge on any atom is -0.465 e. The molecule has 0 bridgehead atoms. The lowest BCUT2D eigenvalue weighted by atomic mass is 9.96. The van der Waals surface area contributed by atoms with E-state index in [0.717, 1.165) is 16.7 Å². The number of methoxy groups -OCH3 is 2. The highest BCUT2D eigenvalue weighted by Gasteiger charge is 2.65. The number of rotatable bonds is 11. The number of alkyl carbamates (subject to hydrolysis) is 1. The van der Waals surface area contributed by atoms with E-state index in [9.17, 15) is 36.7 Å². The molecule has 1 heterocycles. The summed E-state index contributed by atoms with van der Waals surface area (Å²) in [5.41, 5.74) is 2.05. The lowest BCUT2D eigenvalue weighted by molar-refractivity contribution is -0.232. The number of H-pyrrole nitrogens is 1. The van der Waals surface area contributed by atoms with Gasteiger partial charge in [0, 0.05) is 17.7 Å². The Kier molecular flexibility index (Phi) is 11.2. The van der Waals surface area contributed by atoms with Gasteiger partial charge < -0.3 is 29.8 Å². The second-order valence-corrected chi connectivity index (χ2v) is 12.5. The van der Waals surface area contributed by atoms with E-state index in [1.807, 2.05) is 25.1 Å². The molecular weight excluding hydrogens is 676 g/mol. The van der Waals surface area contributed by atoms with Crippen molar-refractivity contribution in [3.05, 3.63) is 95.3 Å². The Morgan fingerprint density at radius 3 is 2.06 bits per heavy atom. The van der Waals surface area contributed by atoms with Crippen LogP contribution in [0.3, 0.4) is 0 Å². The average Bonchev–Trinajstić information content (AvgIpc) is 3.58. The SMILES string of the molecule is COC(=O)c1ccc(-c2ccc(C[C@H](NC(=O)OC(C)(C)C)C(=O)Nc3ccc(-c4ncc(C(F)(F)C(F)(F)C(=O)OC)[nH]4)cc3)cc2)c(C)c1. The van der Waals surface area contributed by atoms with E-state index in [1.165, 1.54) is 31.4 Å². The normalized spacial score (nSPS) is 12.4. The molecule has 3 N–H and O–H groups in total. The molecule has 0 radical (unpaired) electrons. The minimum atomic E-state index is -5.15. The highest BCUT2D eigenvalue weighted by Crippen LogP contribution is 2.43. The van der Waals surface area contributed by atoms with Crippen molar-refractivity contribution in [2.45, 2.75) is 57.6 Å². The van der Waals surface area contributed by atoms with Crippen molar-refractivity contribution in [1.29, 1.82) is 0 Å². The number of aromatic nitrogens is 2. The van der Waals surface area contributed by atoms with Crippen molar-refractivity contribution in [1.82, 2.24) is 15.3 Å². The summed E-state index contributed by atoms with van der Waals surface area (Å²) in [5.74, 6) is -13.7. The number of amides is 2. The van der Waals surface area contributed by atoms with Gasteiger partial charge in [0.2, 0.25) is 5.91 Å². The van der Waals surface area contributed by atoms with Crippen molar-refractivity contribution >= 4 is 29.6 Å². The summed E-state index contributed by atoms with van der Waals surface area (Å²) in [5, 5.41) is 5.29. The molecule has 0 fully saturated rings. The summed E-state index contributed by atoms with van der Waals surface area (Å²) < 4.78 is 70.9. The van der Waals surface area contributed by atoms with E-state index < -0.39 is 53.1 Å². The number of hydrogen-bond donors (Lipinski definition) is 3. The zero-order chi connectivity index (χ0) is 37.7. The first-order valence-electron chi connectivity index (χ1n) is 15.4. The van der Waals surface area contributed by atoms with Gasteiger partial charge >= 0.3 is 29.9 Å². The molecule has 4 aromatic rings. The molecule has 3 aromatic carbocycles. The molecule has 15 heteroatoms. The van der Waals surface area contributed by atoms with Crippen LogP contribution >= 0.6 is 0 Å². The Morgan fingerprint density at radius 2 is 1.49 bits per heavy atom. The minimum absolute atomic E-state index is 0.0727. The number of alkyl halides is 4. The quantitative estimate of drug-likeness (QED) is 0.0873. The lowest BCUT2D eigenvalue weighted by Gasteiger charge is -2.23. The number of carbonyl (C=O) groups excluding carboxylic acids is 4. The van der Waals surface area contributed by atoms with Gasteiger partial charge in [0.25, 0.3) is 0 Å². The molecule has 0 spiro atoms. The second kappa shape index (κ2) is 15.0. The molecule has 4 rings (SSSR count). The molecule has 1 atom stereocenters. The number of esters is 2. The number of benzene rings is 3. The molecular formula is C36H36F4N4O7. The number of hydrogen-bond acceptors (Lipinski definition) is 8. The number of anilines is 1. The van der Waals surface area contributed by atoms with Crippen LogP contribution in [0.25, 0.3) is 22.5 Å². The maximum atomic E-state index is 14.5. The Hall–Kier alpha value is -5.73. The molecule has 0 aliphatic rings. The summed E-state index contributed by atoms with van der Waals surface area (Å²) in [6.45, 7) is 6.90. The van der Waals surface area contributed by atoms with Gasteiger partial charge in [-0.15, -0.1) is 0 Å². The predicted octanol–water partition coefficient (Wildman–Crippen LogP) is 6.81. The van der Waals surface area contributed by atoms with Gasteiger partial charge in [0.05, 0.1) is 26.0 Å². The summed E-state index contributed by atoms with van der Waals surface area (Å²) in [6, 6.07) is 17.0. The van der Waals surface area contributed by atoms with E-state index in [1.54, 1.807) is 45.0 Å². The van der Waals surface area contributed by atoms with E-state index >= 15 is 0 Å². The number of imidazole rings is 1. The smallest absolute Gasteiger partial charge is 0.410 e. The standard InChI is InChI=1S/C36H36F4N4O7/c1-20-17-24(31(46)49-5)13-16-26(20)22-9-7-21(8-10-22)18-27(43-33(48)51-34(2,3)4)30(45)42-25-14-11-23(12-15-25)29-41-19-28(44-29)35(37,38)36(39,40)32(47)50-6/h7-17,19,27H,18H2,1-6H3,(H,41,44)(H,42,45)(H,43,48)/t27-/m0/s1. The van der Waals surface area contributed by atoms with Gasteiger partial charge in [-0.1, -0.05) is 30.3 Å². The first-order chi connectivity index (χ1) is 23.9. The molecule has 51 heavy (non-hydrogen) atoms. The van der Waals surface area contributed by atoms with Gasteiger partial charge in [-0.05, 0) is 86.3 Å². The van der Waals surface area contributed by atoms with Crippen LogP contribution < -0.4 is 10.6 Å². The van der Waals surface area contributed by atoms with E-state index in [0.29, 0.717) is 24.4 Å². The third-order valence-corrected chi connectivity index (χ3v) is 7.54. The maximum Gasteiger partial charge on any atom is 0.410 e. The van der Waals surface area contributed by atoms with Crippen molar-refractivity contribution in [2.24, 2.45) is 0 Å². The van der Waals surface area contributed by atoms with Gasteiger partial charge in [0.1, 0.15) is 23.2 Å². The fourth-order valence-electron chi connectivity index (χ4n) is 4.94. The van der Waals surface area contributed by atoms with Gasteiger partial charge in [-0.2, -0.15) is 17.6 Å². The van der Waals surface area contributed by atoms with Crippen LogP contribution in [0, 0.1) is 6.92 Å². The zero-order valence-corrected chi connectivity index (χ0v) is 28.5. The number of nitrogens with zero attached hydrogens (tertiary/aromatic N) is 1. The van der Waals surface area contributed by atoms with Gasteiger partial charge in [-0.3, -0.25) is 4.79 Å². The Balaban J connectivity index is 1.51. The highest BCUT2D eigenvalue weighted by atomic mass is 19.3. The fraction of sp³-hybridized carbons (Fsp3) is 0.306. The molecule has 0 aliphatic heterocycles. The fourth-order valence-corrected chi connectivity index (χ4v) is 4.94. The number of aryl methyl sites for hydroxylation is 1. The van der Waals surface area contributed by atoms with Crippen LogP contribution in [0.4, 0.5) is 28.0 Å². The van der Waals surface area contributed by atoms with Crippen LogP contribution in [0.1, 0.15) is 48.0 Å². The molecule has 0 aliphatic carbocycles. The monoisotopic (exact) mass is 712 g/mol. The first-order valence-corrected chi connectivity index (χ1v) is 15.4. The van der Waals surface area contributed by atoms with Crippen molar-refractivity contribution in [3.8, 4) is 22.5 Å². The third-order valence-electron chi connectivity index (χ3n) is 7.54. The molecule has 2 amide bonds. The molecule has 11 nitrogen and oxygen atoms in total. The molecule has 1 aromatic heterocycles. The largest absolute Gasteiger partial charge is 0.465 e. The van der Waals surface area contributed by atoms with E-state index in [2.05, 4.69) is 25.3 Å². The average molecular weight is 713 g/mol. The Morgan fingerprint density at radius 1 is 0.863 bits per heavy atom. The van der Waals surface area contributed by atoms with E-state index in [4.69, 9.17) is 9.47 Å². The second-order valence-electron chi connectivity index (χ2n) is 12.5. The number of nitrogens with one attached hydrogen (secondary N) is 3. The number of aromatic amines is 1. The summed E-state index contributed by atoms with van der Waals surface area (Å²) >= 11 is 0. The summed E-state index contributed by atoms with van der Waals surface area (Å²) in [7, 11) is 1.87. The number of carbonyl (C=O) groups is 4. The number of halogens is 4. The van der Waals surface area contributed by atoms with Crippen LogP contribution in [-0.2, 0) is 36.1 Å². The van der Waals surface area contributed by atoms with Crippen molar-refractivity contribution in [3.63, 3.8) is 0 Å². The topological polar surface area (TPSA) is 149 Å². The van der Waals surface area contributed by atoms with Crippen LogP contribution in [0.5, 0.6) is 0 Å². The highest BCUT2D eigenvalue weighted by molar-refractivity contribution is 5.97. The molecule has 0 saturated heterocycles. The van der Waals surface area contributed by atoms with Crippen molar-refractivity contribution < 1.29 is 51.0 Å². The number of ether oxygens (including phenoxy) is 3. The van der Waals surface area contributed by atoms with E-state index in [-0.39, 0.29) is 23.5 Å². The van der Waals surface area contributed by atoms with Gasteiger partial charge in [0.15, 0.2) is 0 Å². The Labute approximate surface area is 290 Å². The summed E-state index contributed by atoms with van der Waals surface area (Å²) in [4.78, 5) is 55.2. The summed E-state index contributed by atoms with van der Waals surface area (Å²) in [6.07, 6.45) is -0.258. The molecule has 0 saturated carbocycles. The molecule has 0 unspecified atom stereocenters.